The van der Waals surface area contributed by atoms with Gasteiger partial charge in [-0.2, -0.15) is 0 Å². The van der Waals surface area contributed by atoms with Crippen LogP contribution in [-0.4, -0.2) is 11.1 Å². The van der Waals surface area contributed by atoms with Crippen molar-refractivity contribution in [3.63, 3.8) is 0 Å². The monoisotopic (exact) mass is 895 g/mol. The van der Waals surface area contributed by atoms with Crippen LogP contribution in [-0.2, 0) is 4.79 Å². The van der Waals surface area contributed by atoms with Gasteiger partial charge in [-0.1, -0.05) is 333 Å². The van der Waals surface area contributed by atoms with Crippen molar-refractivity contribution in [2.45, 2.75) is 348 Å². The summed E-state index contributed by atoms with van der Waals surface area (Å²) in [5.41, 5.74) is -0.499. The van der Waals surface area contributed by atoms with Gasteiger partial charge in [0.25, 0.3) is 0 Å². The molecule has 0 aromatic carbocycles. The lowest BCUT2D eigenvalue weighted by atomic mass is 9.74. The minimum absolute atomic E-state index is 0.496. The fourth-order valence-electron chi connectivity index (χ4n) is 10.0. The van der Waals surface area contributed by atoms with E-state index < -0.39 is 11.4 Å². The Bertz CT molecular complexity index is 931. The Hall–Kier alpha value is -1.31. The van der Waals surface area contributed by atoms with Gasteiger partial charge in [0.2, 0.25) is 0 Å². The minimum atomic E-state index is -0.499. The smallest absolute Gasteiger partial charge is 0.309 e. The molecule has 0 radical (unpaired) electrons. The summed E-state index contributed by atoms with van der Waals surface area (Å²) in [6.45, 7) is 6.79. The van der Waals surface area contributed by atoms with Gasteiger partial charge in [-0.15, -0.1) is 0 Å². The van der Waals surface area contributed by atoms with Crippen LogP contribution in [0.3, 0.4) is 0 Å². The molecule has 0 aliphatic heterocycles. The van der Waals surface area contributed by atoms with Gasteiger partial charge in [0, 0.05) is 0 Å². The summed E-state index contributed by atoms with van der Waals surface area (Å²) < 4.78 is 0. The Labute approximate surface area is 404 Å². The predicted octanol–water partition coefficient (Wildman–Crippen LogP) is 22.7. The van der Waals surface area contributed by atoms with E-state index in [0.29, 0.717) is 0 Å². The van der Waals surface area contributed by atoms with E-state index in [1.807, 2.05) is 0 Å². The number of carboxylic acid groups (broad SMARTS) is 1. The predicted molar refractivity (Wildman–Crippen MR) is 290 cm³/mol. The van der Waals surface area contributed by atoms with Gasteiger partial charge in [0.15, 0.2) is 0 Å². The number of carbonyl (C=O) groups is 1. The topological polar surface area (TPSA) is 37.3 Å². The number of allylic oxidation sites excluding steroid dienone is 6. The molecule has 0 amide bonds. The number of unbranched alkanes of at least 4 members (excludes halogenated alkanes) is 42. The fraction of sp³-hybridized carbons (Fsp3) is 0.887. The van der Waals surface area contributed by atoms with E-state index >= 15 is 0 Å². The molecule has 0 aromatic heterocycles. The first-order valence-corrected chi connectivity index (χ1v) is 29.8. The number of hydrogen-bond acceptors (Lipinski definition) is 1. The number of rotatable bonds is 55. The summed E-state index contributed by atoms with van der Waals surface area (Å²) in [5.74, 6) is -0.496. The van der Waals surface area contributed by atoms with Crippen LogP contribution in [0.25, 0.3) is 0 Å². The zero-order valence-electron chi connectivity index (χ0n) is 44.4. The van der Waals surface area contributed by atoms with Crippen LogP contribution >= 0.6 is 0 Å². The summed E-state index contributed by atoms with van der Waals surface area (Å²) >= 11 is 0. The molecular formula is C62H118O2. The van der Waals surface area contributed by atoms with Crippen LogP contribution in [0.5, 0.6) is 0 Å². The molecule has 0 atom stereocenters. The maximum Gasteiger partial charge on any atom is 0.309 e. The van der Waals surface area contributed by atoms with Crippen LogP contribution < -0.4 is 0 Å². The zero-order chi connectivity index (χ0) is 46.4. The lowest BCUT2D eigenvalue weighted by molar-refractivity contribution is -0.150. The van der Waals surface area contributed by atoms with Crippen molar-refractivity contribution < 1.29 is 9.90 Å². The molecule has 2 heteroatoms. The first-order valence-electron chi connectivity index (χ1n) is 29.8. The SMILES string of the molecule is CCC=CCC=CCC=CCCCCCCC(CCCCCCCCCCCCCCCCCCCCCC)(CCCCCCCCCCCCCCCCCCCCCC)C(=O)O. The standard InChI is InChI=1S/C62H118O2/c1-4-7-10-13-16-19-22-25-28-30-32-34-36-38-41-44-47-50-53-56-59-62(61(63)64,58-55-52-49-46-43-40-27-24-21-18-15-12-9-6-3)60-57-54-51-48-45-42-39-37-35-33-31-29-26-23-20-17-14-11-8-5-2/h9,12,18,21,27,40H,4-8,10-11,13-17,19-20,22-26,28-39,41-60H2,1-3H3,(H,63,64). The lowest BCUT2D eigenvalue weighted by Crippen LogP contribution is -2.31. The molecule has 0 unspecified atom stereocenters. The Morgan fingerprint density at radius 3 is 0.766 bits per heavy atom. The van der Waals surface area contributed by atoms with Gasteiger partial charge in [0.1, 0.15) is 0 Å². The highest BCUT2D eigenvalue weighted by molar-refractivity contribution is 5.74. The third-order valence-corrected chi connectivity index (χ3v) is 14.5. The average Bonchev–Trinajstić information content (AvgIpc) is 3.30. The summed E-state index contributed by atoms with van der Waals surface area (Å²) in [4.78, 5) is 13.0. The lowest BCUT2D eigenvalue weighted by Gasteiger charge is -2.30. The molecule has 0 fully saturated rings. The Morgan fingerprint density at radius 1 is 0.297 bits per heavy atom. The summed E-state index contributed by atoms with van der Waals surface area (Å²) in [6.07, 6.45) is 80.9. The molecule has 2 nitrogen and oxygen atoms in total. The number of hydrogen-bond donors (Lipinski definition) is 1. The van der Waals surface area contributed by atoms with Crippen LogP contribution in [0.4, 0.5) is 0 Å². The van der Waals surface area contributed by atoms with Crippen molar-refractivity contribution >= 4 is 5.97 Å². The van der Waals surface area contributed by atoms with Crippen LogP contribution in [0.2, 0.25) is 0 Å². The highest BCUT2D eigenvalue weighted by Crippen LogP contribution is 2.38. The third kappa shape index (κ3) is 47.2. The van der Waals surface area contributed by atoms with E-state index in [1.165, 1.54) is 263 Å². The summed E-state index contributed by atoms with van der Waals surface area (Å²) in [7, 11) is 0. The second-order valence-electron chi connectivity index (χ2n) is 20.8. The molecule has 0 saturated carbocycles. The van der Waals surface area contributed by atoms with Gasteiger partial charge in [0.05, 0.1) is 5.41 Å². The van der Waals surface area contributed by atoms with E-state index in [-0.39, 0.29) is 0 Å². The maximum atomic E-state index is 13.0. The molecule has 64 heavy (non-hydrogen) atoms. The Morgan fingerprint density at radius 2 is 0.516 bits per heavy atom. The Balaban J connectivity index is 4.32. The van der Waals surface area contributed by atoms with E-state index in [0.717, 1.165) is 64.2 Å². The van der Waals surface area contributed by atoms with Crippen molar-refractivity contribution in [2.24, 2.45) is 5.41 Å². The second-order valence-corrected chi connectivity index (χ2v) is 20.8. The number of carboxylic acids is 1. The summed E-state index contributed by atoms with van der Waals surface area (Å²) in [6, 6.07) is 0. The van der Waals surface area contributed by atoms with Crippen molar-refractivity contribution in [2.75, 3.05) is 0 Å². The molecule has 0 bridgehead atoms. The fourth-order valence-corrected chi connectivity index (χ4v) is 10.0. The van der Waals surface area contributed by atoms with E-state index in [9.17, 15) is 9.90 Å². The molecule has 1 N–H and O–H groups in total. The molecule has 0 aliphatic rings. The van der Waals surface area contributed by atoms with Crippen molar-refractivity contribution in [1.29, 1.82) is 0 Å². The zero-order valence-corrected chi connectivity index (χ0v) is 44.4. The molecule has 0 spiro atoms. The normalized spacial score (nSPS) is 12.3. The molecule has 0 heterocycles. The highest BCUT2D eigenvalue weighted by Gasteiger charge is 2.36. The van der Waals surface area contributed by atoms with Gasteiger partial charge in [-0.25, -0.2) is 0 Å². The molecule has 378 valence electrons. The minimum Gasteiger partial charge on any atom is -0.481 e. The van der Waals surface area contributed by atoms with Crippen LogP contribution in [0, 0.1) is 5.41 Å². The average molecular weight is 896 g/mol. The quantitative estimate of drug-likeness (QED) is 0.0488. The molecule has 0 aromatic rings. The van der Waals surface area contributed by atoms with Crippen LogP contribution in [0.15, 0.2) is 36.5 Å². The van der Waals surface area contributed by atoms with Crippen molar-refractivity contribution in [3.8, 4) is 0 Å². The second kappa shape index (κ2) is 54.3. The summed E-state index contributed by atoms with van der Waals surface area (Å²) in [5, 5.41) is 10.7. The molecular weight excluding hydrogens is 777 g/mol. The highest BCUT2D eigenvalue weighted by atomic mass is 16.4. The van der Waals surface area contributed by atoms with E-state index in [1.54, 1.807) is 0 Å². The van der Waals surface area contributed by atoms with Gasteiger partial charge >= 0.3 is 5.97 Å². The third-order valence-electron chi connectivity index (χ3n) is 14.5. The first kappa shape index (κ1) is 62.7. The van der Waals surface area contributed by atoms with Gasteiger partial charge < -0.3 is 5.11 Å². The van der Waals surface area contributed by atoms with Crippen molar-refractivity contribution in [3.05, 3.63) is 36.5 Å². The maximum absolute atomic E-state index is 13.0. The Kier molecular flexibility index (Phi) is 53.2. The van der Waals surface area contributed by atoms with Gasteiger partial charge in [-0.05, 0) is 51.4 Å². The first-order chi connectivity index (χ1) is 31.6. The molecule has 0 saturated heterocycles. The largest absolute Gasteiger partial charge is 0.481 e. The number of aliphatic carboxylic acids is 1. The van der Waals surface area contributed by atoms with Crippen LogP contribution in [0.1, 0.15) is 348 Å². The van der Waals surface area contributed by atoms with E-state index in [4.69, 9.17) is 0 Å². The van der Waals surface area contributed by atoms with Gasteiger partial charge in [-0.3, -0.25) is 4.79 Å². The molecule has 0 rings (SSSR count). The molecule has 0 aliphatic carbocycles. The van der Waals surface area contributed by atoms with E-state index in [2.05, 4.69) is 57.2 Å². The van der Waals surface area contributed by atoms with Crippen molar-refractivity contribution in [1.82, 2.24) is 0 Å².